The summed E-state index contributed by atoms with van der Waals surface area (Å²) < 4.78 is 0. The first-order valence-corrected chi connectivity index (χ1v) is 17.4. The second kappa shape index (κ2) is 17.1. The fourth-order valence-electron chi connectivity index (χ4n) is 6.83. The number of rotatable bonds is 15. The molecule has 6 amide bonds. The second-order valence-electron chi connectivity index (χ2n) is 13.3. The molecular formula is C36H45N9O8. The molecule has 3 heterocycles. The van der Waals surface area contributed by atoms with Crippen LogP contribution in [0.15, 0.2) is 71.7 Å². The fourth-order valence-corrected chi connectivity index (χ4v) is 6.83. The molecule has 17 heteroatoms. The largest absolute Gasteiger partial charge is 0.508 e. The van der Waals surface area contributed by atoms with E-state index in [0.29, 0.717) is 32.1 Å². The first-order valence-electron chi connectivity index (χ1n) is 17.4. The van der Waals surface area contributed by atoms with Gasteiger partial charge in [0.15, 0.2) is 0 Å². The van der Waals surface area contributed by atoms with E-state index in [1.54, 1.807) is 12.1 Å². The van der Waals surface area contributed by atoms with Crippen molar-refractivity contribution in [3.63, 3.8) is 0 Å². The average Bonchev–Trinajstić information content (AvgIpc) is 3.72. The van der Waals surface area contributed by atoms with Gasteiger partial charge in [-0.3, -0.25) is 28.8 Å². The summed E-state index contributed by atoms with van der Waals surface area (Å²) in [5, 5.41) is 31.5. The molecule has 6 atom stereocenters. The van der Waals surface area contributed by atoms with Crippen LogP contribution in [0.25, 0.3) is 0 Å². The molecule has 0 saturated carbocycles. The highest BCUT2D eigenvalue weighted by Gasteiger charge is 2.57. The predicted octanol–water partition coefficient (Wildman–Crippen LogP) is -2.11. The monoisotopic (exact) mass is 731 g/mol. The topological polar surface area (TPSA) is 262 Å². The Kier molecular flexibility index (Phi) is 12.4. The lowest BCUT2D eigenvalue weighted by molar-refractivity contribution is -0.161. The third-order valence-corrected chi connectivity index (χ3v) is 9.62. The highest BCUT2D eigenvalue weighted by atomic mass is 16.3. The van der Waals surface area contributed by atoms with E-state index in [4.69, 9.17) is 11.5 Å². The van der Waals surface area contributed by atoms with E-state index >= 15 is 0 Å². The molecule has 3 aliphatic rings. The Hall–Kier alpha value is -5.81. The number of nitrogens with two attached hydrogens (primary N) is 2. The predicted molar refractivity (Wildman–Crippen MR) is 191 cm³/mol. The number of guanidine groups is 1. The zero-order chi connectivity index (χ0) is 38.1. The van der Waals surface area contributed by atoms with Gasteiger partial charge in [-0.05, 0) is 61.8 Å². The molecule has 2 saturated heterocycles. The molecule has 0 aliphatic carbocycles. The number of aliphatic hydroxyl groups is 1. The van der Waals surface area contributed by atoms with E-state index in [2.05, 4.69) is 26.3 Å². The average molecular weight is 732 g/mol. The summed E-state index contributed by atoms with van der Waals surface area (Å²) in [6.07, 6.45) is 5.14. The van der Waals surface area contributed by atoms with Gasteiger partial charge in [-0.2, -0.15) is 4.99 Å². The van der Waals surface area contributed by atoms with Crippen LogP contribution in [0.2, 0.25) is 0 Å². The molecule has 53 heavy (non-hydrogen) atoms. The minimum Gasteiger partial charge on any atom is -0.508 e. The standard InChI is InChI=1S/C36H45N9O8/c37-26(19-22-6-2-1-3-7-22)31(49)41-24(18-23-10-13-25(47)14-11-23)12-15-30(48)39-20-27(40-21-46)33(51)44-16-4-8-28(44)32(50)42-29-9-5-17-45-35(38)43-34(52)36(29,45)53/h1-3,6-7,10-15,21,24,26-29,47,53H,4-5,8-9,16-20,37H2,(H,39,48)(H,40,46)(H,41,49)(H,42,50)(H2,38,43,52)/b15-12+/t24-,26-,27+,28+,29+,36-/m1/s1. The van der Waals surface area contributed by atoms with Crippen LogP contribution in [0.4, 0.5) is 0 Å². The number of piperidine rings is 1. The minimum atomic E-state index is -2.12. The lowest BCUT2D eigenvalue weighted by Gasteiger charge is -2.43. The van der Waals surface area contributed by atoms with E-state index in [1.165, 1.54) is 34.1 Å². The maximum absolute atomic E-state index is 13.6. The van der Waals surface area contributed by atoms with Gasteiger partial charge in [0, 0.05) is 25.7 Å². The van der Waals surface area contributed by atoms with E-state index in [9.17, 15) is 39.0 Å². The Balaban J connectivity index is 1.20. The number of amides is 6. The van der Waals surface area contributed by atoms with Gasteiger partial charge in [0.25, 0.3) is 0 Å². The third-order valence-electron chi connectivity index (χ3n) is 9.62. The normalized spacial score (nSPS) is 22.7. The summed E-state index contributed by atoms with van der Waals surface area (Å²) in [6.45, 7) is 0.169. The van der Waals surface area contributed by atoms with Crippen molar-refractivity contribution in [2.45, 2.75) is 74.5 Å². The Labute approximate surface area is 305 Å². The van der Waals surface area contributed by atoms with Crippen molar-refractivity contribution in [1.82, 2.24) is 31.1 Å². The first-order chi connectivity index (χ1) is 25.4. The van der Waals surface area contributed by atoms with Crippen molar-refractivity contribution in [1.29, 1.82) is 0 Å². The molecule has 0 bridgehead atoms. The van der Waals surface area contributed by atoms with E-state index in [1.807, 2.05) is 30.3 Å². The zero-order valence-electron chi connectivity index (χ0n) is 29.0. The van der Waals surface area contributed by atoms with Crippen LogP contribution >= 0.6 is 0 Å². The molecular weight excluding hydrogens is 686 g/mol. The lowest BCUT2D eigenvalue weighted by atomic mass is 9.92. The molecule has 5 rings (SSSR count). The van der Waals surface area contributed by atoms with Gasteiger partial charge in [-0.15, -0.1) is 0 Å². The summed E-state index contributed by atoms with van der Waals surface area (Å²) >= 11 is 0. The number of carbonyl (C=O) groups excluding carboxylic acids is 6. The van der Waals surface area contributed by atoms with Crippen LogP contribution in [0.5, 0.6) is 5.75 Å². The minimum absolute atomic E-state index is 0.0726. The van der Waals surface area contributed by atoms with E-state index < -0.39 is 65.5 Å². The van der Waals surface area contributed by atoms with Crippen molar-refractivity contribution in [3.8, 4) is 5.75 Å². The summed E-state index contributed by atoms with van der Waals surface area (Å²) in [5.41, 5.74) is 11.5. The smallest absolute Gasteiger partial charge is 0.304 e. The quantitative estimate of drug-likeness (QED) is 0.0726. The van der Waals surface area contributed by atoms with Gasteiger partial charge in [0.2, 0.25) is 41.7 Å². The maximum Gasteiger partial charge on any atom is 0.304 e. The molecule has 0 aromatic heterocycles. The van der Waals surface area contributed by atoms with Gasteiger partial charge in [0.05, 0.1) is 18.1 Å². The molecule has 0 radical (unpaired) electrons. The Morgan fingerprint density at radius 3 is 2.42 bits per heavy atom. The summed E-state index contributed by atoms with van der Waals surface area (Å²) in [6, 6.07) is 10.9. The number of hydrogen-bond donors (Lipinski definition) is 8. The molecule has 2 fully saturated rings. The van der Waals surface area contributed by atoms with Crippen molar-refractivity contribution < 1.29 is 39.0 Å². The maximum atomic E-state index is 13.6. The second-order valence-corrected chi connectivity index (χ2v) is 13.3. The highest BCUT2D eigenvalue weighted by molar-refractivity contribution is 6.05. The van der Waals surface area contributed by atoms with E-state index in [0.717, 1.165) is 11.1 Å². The molecule has 2 aromatic carbocycles. The first kappa shape index (κ1) is 38.4. The molecule has 2 aromatic rings. The summed E-state index contributed by atoms with van der Waals surface area (Å²) in [5.74, 6) is -3.19. The van der Waals surface area contributed by atoms with Crippen molar-refractivity contribution in [3.05, 3.63) is 77.9 Å². The molecule has 10 N–H and O–H groups in total. The van der Waals surface area contributed by atoms with Crippen LogP contribution in [0, 0.1) is 0 Å². The van der Waals surface area contributed by atoms with Gasteiger partial charge >= 0.3 is 5.91 Å². The lowest BCUT2D eigenvalue weighted by Crippen LogP contribution is -2.69. The molecule has 17 nitrogen and oxygen atoms in total. The van der Waals surface area contributed by atoms with Gasteiger partial charge < -0.3 is 52.7 Å². The van der Waals surface area contributed by atoms with Crippen LogP contribution in [-0.4, -0.2) is 117 Å². The number of aromatic hydroxyl groups is 1. The Morgan fingerprint density at radius 1 is 1.00 bits per heavy atom. The van der Waals surface area contributed by atoms with E-state index in [-0.39, 0.29) is 44.2 Å². The number of aliphatic imine (C=N–C) groups is 1. The number of phenols is 1. The fraction of sp³-hybridized carbons (Fsp3) is 0.417. The van der Waals surface area contributed by atoms with Crippen molar-refractivity contribution in [2.75, 3.05) is 19.6 Å². The zero-order valence-corrected chi connectivity index (χ0v) is 29.0. The third kappa shape index (κ3) is 9.17. The van der Waals surface area contributed by atoms with Crippen molar-refractivity contribution in [2.24, 2.45) is 16.5 Å². The number of hydrogen-bond acceptors (Lipinski definition) is 11. The van der Waals surface area contributed by atoms with Crippen LogP contribution in [-0.2, 0) is 41.6 Å². The summed E-state index contributed by atoms with van der Waals surface area (Å²) in [4.78, 5) is 83.4. The molecule has 0 unspecified atom stereocenters. The van der Waals surface area contributed by atoms with Crippen LogP contribution in [0.1, 0.15) is 36.8 Å². The number of benzene rings is 2. The van der Waals surface area contributed by atoms with Crippen LogP contribution in [0.3, 0.4) is 0 Å². The number of fused-ring (bicyclic) bond motifs is 1. The van der Waals surface area contributed by atoms with Crippen molar-refractivity contribution >= 4 is 41.9 Å². The van der Waals surface area contributed by atoms with Gasteiger partial charge in [-0.25, -0.2) is 0 Å². The molecule has 0 spiro atoms. The number of nitrogens with zero attached hydrogens (tertiary/aromatic N) is 3. The molecule has 282 valence electrons. The summed E-state index contributed by atoms with van der Waals surface area (Å²) in [7, 11) is 0. The van der Waals surface area contributed by atoms with Gasteiger partial charge in [0.1, 0.15) is 17.8 Å². The SMILES string of the molecule is NC1=NC(=O)[C@]2(O)[C@@H](NC(=O)[C@@H]3CCCN3C(=O)[C@H](CNC(=O)/C=C/[C@H](Cc3ccc(O)cc3)NC(=O)[C@H](N)Cc3ccccc3)NC=O)CCCN12. The number of likely N-dealkylation sites (tertiary alicyclic amines) is 1. The number of carbonyl (C=O) groups is 6. The highest BCUT2D eigenvalue weighted by Crippen LogP contribution is 2.32. The van der Waals surface area contributed by atoms with Gasteiger partial charge in [-0.1, -0.05) is 48.5 Å². The number of nitrogens with one attached hydrogen (secondary N) is 4. The Bertz CT molecular complexity index is 1740. The van der Waals surface area contributed by atoms with Crippen LogP contribution < -0.4 is 32.7 Å². The molecule has 3 aliphatic heterocycles. The number of phenolic OH excluding ortho intramolecular Hbond substituents is 1. The Morgan fingerprint density at radius 2 is 1.70 bits per heavy atom.